The van der Waals surface area contributed by atoms with Crippen LogP contribution in [0.15, 0.2) is 59.3 Å². The zero-order chi connectivity index (χ0) is 15.2. The summed E-state index contributed by atoms with van der Waals surface area (Å²) in [4.78, 5) is 8.62. The van der Waals surface area contributed by atoms with Gasteiger partial charge in [0.1, 0.15) is 0 Å². The van der Waals surface area contributed by atoms with Crippen LogP contribution in [0, 0.1) is 0 Å². The molecule has 0 aliphatic carbocycles. The van der Waals surface area contributed by atoms with Crippen LogP contribution in [0.2, 0.25) is 0 Å². The third kappa shape index (κ3) is 3.98. The van der Waals surface area contributed by atoms with E-state index in [1.807, 2.05) is 42.5 Å². The van der Waals surface area contributed by atoms with Gasteiger partial charge in [-0.1, -0.05) is 28.1 Å². The number of rotatable bonds is 5. The Balaban J connectivity index is 1.67. The molecule has 0 aliphatic rings. The van der Waals surface area contributed by atoms with Crippen molar-refractivity contribution in [2.75, 3.05) is 10.6 Å². The zero-order valence-corrected chi connectivity index (χ0v) is 13.2. The highest BCUT2D eigenvalue weighted by molar-refractivity contribution is 9.10. The molecule has 0 bridgehead atoms. The lowest BCUT2D eigenvalue weighted by Crippen LogP contribution is -2.06. The maximum atomic E-state index is 4.37. The summed E-state index contributed by atoms with van der Waals surface area (Å²) in [5.41, 5.74) is 1.82. The molecule has 2 heterocycles. The maximum Gasteiger partial charge on any atom is 0.249 e. The minimum Gasteiger partial charge on any atom is -0.363 e. The van der Waals surface area contributed by atoms with Crippen molar-refractivity contribution in [3.8, 4) is 0 Å². The Kier molecular flexibility index (Phi) is 4.55. The molecule has 110 valence electrons. The highest BCUT2D eigenvalue weighted by atomic mass is 79.9. The van der Waals surface area contributed by atoms with Gasteiger partial charge in [0.2, 0.25) is 5.95 Å². The van der Waals surface area contributed by atoms with Crippen LogP contribution in [0.25, 0.3) is 0 Å². The summed E-state index contributed by atoms with van der Waals surface area (Å²) in [6.45, 7) is 0.579. The van der Waals surface area contributed by atoms with Gasteiger partial charge in [0.15, 0.2) is 5.82 Å². The lowest BCUT2D eigenvalue weighted by molar-refractivity contribution is 0.955. The Morgan fingerprint density at radius 2 is 2.05 bits per heavy atom. The van der Waals surface area contributed by atoms with Crippen molar-refractivity contribution in [3.05, 3.63) is 65.0 Å². The molecule has 0 amide bonds. The Hall–Kier alpha value is -2.54. The number of hydrogen-bond acceptors (Lipinski definition) is 6. The van der Waals surface area contributed by atoms with Crippen molar-refractivity contribution in [2.24, 2.45) is 0 Å². The number of nitrogens with zero attached hydrogens (tertiary/aromatic N) is 4. The van der Waals surface area contributed by atoms with Crippen LogP contribution in [0.5, 0.6) is 0 Å². The first-order chi connectivity index (χ1) is 10.8. The molecule has 1 aromatic carbocycles. The molecule has 0 saturated heterocycles. The van der Waals surface area contributed by atoms with Crippen LogP contribution in [-0.2, 0) is 6.54 Å². The summed E-state index contributed by atoms with van der Waals surface area (Å²) < 4.78 is 0.981. The average Bonchev–Trinajstić information content (AvgIpc) is 2.54. The number of halogens is 1. The molecule has 0 radical (unpaired) electrons. The summed E-state index contributed by atoms with van der Waals surface area (Å²) in [5.74, 6) is 1.07. The summed E-state index contributed by atoms with van der Waals surface area (Å²) >= 11 is 3.42. The van der Waals surface area contributed by atoms with E-state index in [9.17, 15) is 0 Å². The van der Waals surface area contributed by atoms with E-state index < -0.39 is 0 Å². The third-order valence-electron chi connectivity index (χ3n) is 2.82. The van der Waals surface area contributed by atoms with Crippen LogP contribution < -0.4 is 10.6 Å². The van der Waals surface area contributed by atoms with Crippen molar-refractivity contribution in [2.45, 2.75) is 6.54 Å². The van der Waals surface area contributed by atoms with Crippen LogP contribution in [0.3, 0.4) is 0 Å². The second-order valence-corrected chi connectivity index (χ2v) is 5.39. The van der Waals surface area contributed by atoms with E-state index in [1.165, 1.54) is 0 Å². The average molecular weight is 357 g/mol. The van der Waals surface area contributed by atoms with Crippen molar-refractivity contribution < 1.29 is 0 Å². The first kappa shape index (κ1) is 14.4. The van der Waals surface area contributed by atoms with Gasteiger partial charge in [-0.15, -0.1) is 5.10 Å². The van der Waals surface area contributed by atoms with E-state index in [4.69, 9.17) is 0 Å². The Morgan fingerprint density at radius 1 is 1.09 bits per heavy atom. The van der Waals surface area contributed by atoms with Gasteiger partial charge < -0.3 is 10.6 Å². The highest BCUT2D eigenvalue weighted by Crippen LogP contribution is 2.18. The second kappa shape index (κ2) is 6.95. The summed E-state index contributed by atoms with van der Waals surface area (Å²) in [5, 5.41) is 14.2. The number of aromatic nitrogens is 4. The lowest BCUT2D eigenvalue weighted by atomic mass is 10.3. The van der Waals surface area contributed by atoms with E-state index in [2.05, 4.69) is 46.7 Å². The fraction of sp³-hybridized carbons (Fsp3) is 0.0667. The van der Waals surface area contributed by atoms with Crippen molar-refractivity contribution in [1.82, 2.24) is 20.2 Å². The fourth-order valence-electron chi connectivity index (χ4n) is 1.82. The van der Waals surface area contributed by atoms with Crippen LogP contribution in [-0.4, -0.2) is 20.2 Å². The minimum atomic E-state index is 0.434. The van der Waals surface area contributed by atoms with E-state index in [0.717, 1.165) is 15.9 Å². The normalized spacial score (nSPS) is 10.2. The molecule has 0 fully saturated rings. The molecule has 2 N–H and O–H groups in total. The number of benzene rings is 1. The zero-order valence-electron chi connectivity index (χ0n) is 11.6. The predicted molar refractivity (Wildman–Crippen MR) is 88.8 cm³/mol. The first-order valence-corrected chi connectivity index (χ1v) is 7.45. The molecule has 2 aromatic heterocycles. The second-order valence-electron chi connectivity index (χ2n) is 4.48. The van der Waals surface area contributed by atoms with E-state index in [-0.39, 0.29) is 0 Å². The number of anilines is 3. The fourth-order valence-corrected chi connectivity index (χ4v) is 2.22. The quantitative estimate of drug-likeness (QED) is 0.729. The molecule has 0 saturated carbocycles. The van der Waals surface area contributed by atoms with E-state index in [1.54, 1.807) is 12.4 Å². The standard InChI is InChI=1S/C15H13BrN6/c16-11-4-3-6-12(8-11)20-15-21-14(10-19-22-15)18-9-13-5-1-2-7-17-13/h1-8,10H,9H2,(H2,18,20,21,22). The molecule has 0 unspecified atom stereocenters. The van der Waals surface area contributed by atoms with Crippen molar-refractivity contribution >= 4 is 33.4 Å². The molecule has 0 atom stereocenters. The van der Waals surface area contributed by atoms with Gasteiger partial charge in [-0.2, -0.15) is 10.1 Å². The Bertz CT molecular complexity index is 750. The van der Waals surface area contributed by atoms with Gasteiger partial charge in [0.05, 0.1) is 18.4 Å². The number of pyridine rings is 1. The lowest BCUT2D eigenvalue weighted by Gasteiger charge is -2.07. The van der Waals surface area contributed by atoms with Gasteiger partial charge in [0, 0.05) is 16.4 Å². The molecule has 7 heteroatoms. The van der Waals surface area contributed by atoms with Crippen molar-refractivity contribution in [3.63, 3.8) is 0 Å². The van der Waals surface area contributed by atoms with Gasteiger partial charge >= 0.3 is 0 Å². The maximum absolute atomic E-state index is 4.37. The molecule has 0 spiro atoms. The monoisotopic (exact) mass is 356 g/mol. The summed E-state index contributed by atoms with van der Waals surface area (Å²) in [6, 6.07) is 13.5. The van der Waals surface area contributed by atoms with Crippen LogP contribution in [0.4, 0.5) is 17.5 Å². The SMILES string of the molecule is Brc1cccc(Nc2nncc(NCc3ccccn3)n2)c1. The molecule has 22 heavy (non-hydrogen) atoms. The van der Waals surface area contributed by atoms with Gasteiger partial charge in [0.25, 0.3) is 0 Å². The van der Waals surface area contributed by atoms with Gasteiger partial charge in [-0.05, 0) is 30.3 Å². The summed E-state index contributed by atoms with van der Waals surface area (Å²) in [6.07, 6.45) is 3.34. The highest BCUT2D eigenvalue weighted by Gasteiger charge is 2.02. The largest absolute Gasteiger partial charge is 0.363 e. The van der Waals surface area contributed by atoms with Crippen LogP contribution in [0.1, 0.15) is 5.69 Å². The van der Waals surface area contributed by atoms with Crippen molar-refractivity contribution in [1.29, 1.82) is 0 Å². The number of hydrogen-bond donors (Lipinski definition) is 2. The molecular weight excluding hydrogens is 344 g/mol. The molecule has 0 aliphatic heterocycles. The molecule has 3 rings (SSSR count). The molecule has 6 nitrogen and oxygen atoms in total. The summed E-state index contributed by atoms with van der Waals surface area (Å²) in [7, 11) is 0. The molecular formula is C15H13BrN6. The van der Waals surface area contributed by atoms with E-state index in [0.29, 0.717) is 18.3 Å². The Labute approximate surface area is 136 Å². The van der Waals surface area contributed by atoms with Gasteiger partial charge in [-0.25, -0.2) is 0 Å². The van der Waals surface area contributed by atoms with E-state index >= 15 is 0 Å². The molecule has 3 aromatic rings. The van der Waals surface area contributed by atoms with Crippen LogP contribution >= 0.6 is 15.9 Å². The predicted octanol–water partition coefficient (Wildman–Crippen LogP) is 3.38. The first-order valence-electron chi connectivity index (χ1n) is 6.66. The Morgan fingerprint density at radius 3 is 2.86 bits per heavy atom. The third-order valence-corrected chi connectivity index (χ3v) is 3.31. The number of nitrogens with one attached hydrogen (secondary N) is 2. The smallest absolute Gasteiger partial charge is 0.249 e. The minimum absolute atomic E-state index is 0.434. The van der Waals surface area contributed by atoms with Gasteiger partial charge in [-0.3, -0.25) is 4.98 Å². The topological polar surface area (TPSA) is 75.6 Å².